The zero-order valence-electron chi connectivity index (χ0n) is 24.1. The highest BCUT2D eigenvalue weighted by Gasteiger charge is 2.19. The maximum Gasteiger partial charge on any atom is 0.387 e. The Labute approximate surface area is 258 Å². The summed E-state index contributed by atoms with van der Waals surface area (Å²) >= 11 is 7.60. The predicted molar refractivity (Wildman–Crippen MR) is 167 cm³/mol. The molecule has 0 atom stereocenters. The van der Waals surface area contributed by atoms with E-state index in [4.69, 9.17) is 16.6 Å². The van der Waals surface area contributed by atoms with Crippen molar-refractivity contribution in [3.63, 3.8) is 0 Å². The molecular weight excluding hydrogens is 594 g/mol. The van der Waals surface area contributed by atoms with E-state index in [-0.39, 0.29) is 17.3 Å². The molecule has 7 nitrogen and oxygen atoms in total. The third-order valence-corrected chi connectivity index (χ3v) is 7.67. The maximum atomic E-state index is 13.4. The largest absolute Gasteiger partial charge is 0.435 e. The molecule has 0 unspecified atom stereocenters. The van der Waals surface area contributed by atoms with Gasteiger partial charge in [0.25, 0.3) is 0 Å². The van der Waals surface area contributed by atoms with Gasteiger partial charge in [0, 0.05) is 41.8 Å². The van der Waals surface area contributed by atoms with Gasteiger partial charge >= 0.3 is 6.61 Å². The van der Waals surface area contributed by atoms with Gasteiger partial charge in [-0.15, -0.1) is 0 Å². The number of benzene rings is 3. The molecule has 0 radical (unpaired) electrons. The number of ether oxygens (including phenoxy) is 1. The lowest BCUT2D eigenvalue weighted by Gasteiger charge is -2.11. The van der Waals surface area contributed by atoms with Crippen LogP contribution in [0.3, 0.4) is 0 Å². The van der Waals surface area contributed by atoms with Gasteiger partial charge in [0.1, 0.15) is 5.75 Å². The fourth-order valence-electron chi connectivity index (χ4n) is 4.54. The van der Waals surface area contributed by atoms with Gasteiger partial charge in [0.15, 0.2) is 10.9 Å². The lowest BCUT2D eigenvalue weighted by atomic mass is 10.2. The van der Waals surface area contributed by atoms with Crippen LogP contribution in [0.15, 0.2) is 84.0 Å². The summed E-state index contributed by atoms with van der Waals surface area (Å²) in [5.74, 6) is 0.263. The van der Waals surface area contributed by atoms with Crippen LogP contribution >= 0.6 is 23.4 Å². The predicted octanol–water partition coefficient (Wildman–Crippen LogP) is 7.43. The third kappa shape index (κ3) is 8.03. The molecular formula is C32H31ClF2N4O3S. The summed E-state index contributed by atoms with van der Waals surface area (Å²) < 4.78 is 33.5. The summed E-state index contributed by atoms with van der Waals surface area (Å²) in [6.45, 7) is 1.52. The van der Waals surface area contributed by atoms with Crippen LogP contribution in [-0.4, -0.2) is 57.7 Å². The number of hydrogen-bond acceptors (Lipinski definition) is 5. The quantitative estimate of drug-likeness (QED) is 0.0918. The SMILES string of the molecule is CN(C)C=O.Cc1cc(C(=O)CSc2nc3cc(Cl)ccc3n2Cc2ccccc2)c(C)n1-c1ccc(OC(F)F)cc1. The number of Topliss-reactive ketones (excluding diaryl/α,β-unsaturated/α-hetero) is 1. The molecule has 0 aliphatic carbocycles. The van der Waals surface area contributed by atoms with E-state index in [2.05, 4.69) is 21.4 Å². The number of alkyl halides is 2. The summed E-state index contributed by atoms with van der Waals surface area (Å²) in [5.41, 5.74) is 5.87. The van der Waals surface area contributed by atoms with E-state index in [1.807, 2.05) is 60.9 Å². The minimum absolute atomic E-state index is 0.0247. The first-order valence-electron chi connectivity index (χ1n) is 13.3. The second-order valence-corrected chi connectivity index (χ2v) is 11.3. The van der Waals surface area contributed by atoms with Crippen LogP contribution in [0.2, 0.25) is 5.02 Å². The second kappa shape index (κ2) is 14.3. The van der Waals surface area contributed by atoms with Crippen molar-refractivity contribution >= 4 is 46.6 Å². The monoisotopic (exact) mass is 624 g/mol. The molecule has 0 fully saturated rings. The number of ketones is 1. The highest BCUT2D eigenvalue weighted by atomic mass is 35.5. The lowest BCUT2D eigenvalue weighted by Crippen LogP contribution is -2.07. The summed E-state index contributed by atoms with van der Waals surface area (Å²) in [7, 11) is 3.38. The molecule has 0 bridgehead atoms. The molecule has 2 aromatic heterocycles. The van der Waals surface area contributed by atoms with Crippen LogP contribution in [0.25, 0.3) is 16.7 Å². The normalized spacial score (nSPS) is 10.9. The van der Waals surface area contributed by atoms with Crippen molar-refractivity contribution in [3.05, 3.63) is 106 Å². The average molecular weight is 625 g/mol. The smallest absolute Gasteiger partial charge is 0.387 e. The van der Waals surface area contributed by atoms with Gasteiger partial charge in [0.05, 0.1) is 23.3 Å². The minimum atomic E-state index is -2.88. The number of hydrogen-bond donors (Lipinski definition) is 0. The van der Waals surface area contributed by atoms with Crippen molar-refractivity contribution in [2.24, 2.45) is 0 Å². The molecule has 1 amide bonds. The van der Waals surface area contributed by atoms with Crippen LogP contribution in [0.1, 0.15) is 27.3 Å². The third-order valence-electron chi connectivity index (χ3n) is 6.45. The zero-order valence-corrected chi connectivity index (χ0v) is 25.7. The fourth-order valence-corrected chi connectivity index (χ4v) is 5.60. The summed E-state index contributed by atoms with van der Waals surface area (Å²) in [4.78, 5) is 29.0. The summed E-state index contributed by atoms with van der Waals surface area (Å²) in [5, 5.41) is 1.35. The Balaban J connectivity index is 0.000000782. The summed E-state index contributed by atoms with van der Waals surface area (Å²) in [6, 6.07) is 23.9. The van der Waals surface area contributed by atoms with Gasteiger partial charge in [-0.05, 0) is 67.9 Å². The van der Waals surface area contributed by atoms with Crippen LogP contribution in [0, 0.1) is 13.8 Å². The Morgan fingerprint density at radius 2 is 1.72 bits per heavy atom. The maximum absolute atomic E-state index is 13.4. The van der Waals surface area contributed by atoms with Crippen molar-refractivity contribution in [1.29, 1.82) is 0 Å². The molecule has 0 saturated heterocycles. The van der Waals surface area contributed by atoms with E-state index in [0.29, 0.717) is 17.1 Å². The summed E-state index contributed by atoms with van der Waals surface area (Å²) in [6.07, 6.45) is 0.750. The number of nitrogens with zero attached hydrogens (tertiary/aromatic N) is 4. The van der Waals surface area contributed by atoms with Crippen molar-refractivity contribution in [3.8, 4) is 11.4 Å². The Hall–Kier alpha value is -4.15. The molecule has 2 heterocycles. The molecule has 5 rings (SSSR count). The van der Waals surface area contributed by atoms with E-state index in [9.17, 15) is 18.4 Å². The second-order valence-electron chi connectivity index (χ2n) is 9.87. The number of fused-ring (bicyclic) bond motifs is 1. The van der Waals surface area contributed by atoms with E-state index in [1.54, 1.807) is 26.2 Å². The van der Waals surface area contributed by atoms with Gasteiger partial charge in [-0.3, -0.25) is 9.59 Å². The number of aryl methyl sites for hydroxylation is 1. The lowest BCUT2D eigenvalue weighted by molar-refractivity contribution is -0.115. The number of halogens is 3. The minimum Gasteiger partial charge on any atom is -0.435 e. The number of aromatic nitrogens is 3. The number of carbonyl (C=O) groups is 2. The van der Waals surface area contributed by atoms with Crippen molar-refractivity contribution in [1.82, 2.24) is 19.0 Å². The molecule has 43 heavy (non-hydrogen) atoms. The molecule has 224 valence electrons. The molecule has 5 aromatic rings. The van der Waals surface area contributed by atoms with E-state index >= 15 is 0 Å². The molecule has 0 aliphatic rings. The topological polar surface area (TPSA) is 69.4 Å². The highest BCUT2D eigenvalue weighted by molar-refractivity contribution is 7.99. The van der Waals surface area contributed by atoms with Crippen LogP contribution in [0.5, 0.6) is 5.75 Å². The fraction of sp³-hybridized carbons (Fsp3) is 0.219. The van der Waals surface area contributed by atoms with Crippen LogP contribution in [0.4, 0.5) is 8.78 Å². The Bertz CT molecular complexity index is 1700. The molecule has 0 N–H and O–H groups in total. The van der Waals surface area contributed by atoms with Crippen molar-refractivity contribution in [2.75, 3.05) is 19.8 Å². The zero-order chi connectivity index (χ0) is 31.1. The first-order valence-corrected chi connectivity index (χ1v) is 14.7. The number of carbonyl (C=O) groups excluding carboxylic acids is 2. The first kappa shape index (κ1) is 31.8. The van der Waals surface area contributed by atoms with E-state index in [0.717, 1.165) is 45.2 Å². The first-order chi connectivity index (χ1) is 20.6. The van der Waals surface area contributed by atoms with E-state index in [1.165, 1.54) is 28.8 Å². The van der Waals surface area contributed by atoms with Crippen molar-refractivity contribution in [2.45, 2.75) is 32.2 Å². The average Bonchev–Trinajstić information content (AvgIpc) is 3.47. The molecule has 0 saturated carbocycles. The number of rotatable bonds is 10. The Morgan fingerprint density at radius 1 is 1.05 bits per heavy atom. The van der Waals surface area contributed by atoms with Crippen LogP contribution < -0.4 is 4.74 Å². The molecule has 3 aromatic carbocycles. The standard InChI is InChI=1S/C29H24ClF2N3O2S.C3H7NO/c1-18-14-24(19(2)35(18)22-9-11-23(12-10-22)37-28(31)32)27(36)17-38-29-33-25-15-21(30)8-13-26(25)34(29)16-20-6-4-3-5-7-20;1-4(2)3-5/h3-15,28H,16-17H2,1-2H3;3H,1-2H3. The molecule has 0 aliphatic heterocycles. The van der Waals surface area contributed by atoms with Gasteiger partial charge < -0.3 is 18.8 Å². The van der Waals surface area contributed by atoms with Gasteiger partial charge in [0.2, 0.25) is 6.41 Å². The highest BCUT2D eigenvalue weighted by Crippen LogP contribution is 2.29. The van der Waals surface area contributed by atoms with E-state index < -0.39 is 6.61 Å². The van der Waals surface area contributed by atoms with Crippen LogP contribution in [-0.2, 0) is 11.3 Å². The Kier molecular flexibility index (Phi) is 10.6. The van der Waals surface area contributed by atoms with Gasteiger partial charge in [-0.1, -0.05) is 53.7 Å². The van der Waals surface area contributed by atoms with Crippen molar-refractivity contribution < 1.29 is 23.1 Å². The number of amides is 1. The van der Waals surface area contributed by atoms with Gasteiger partial charge in [-0.25, -0.2) is 4.98 Å². The number of imidazole rings is 1. The number of thioether (sulfide) groups is 1. The molecule has 11 heteroatoms. The molecule has 0 spiro atoms. The Morgan fingerprint density at radius 3 is 2.35 bits per heavy atom. The van der Waals surface area contributed by atoms with Gasteiger partial charge in [-0.2, -0.15) is 8.78 Å².